The second-order valence-corrected chi connectivity index (χ2v) is 6.86. The van der Waals surface area contributed by atoms with Gasteiger partial charge in [-0.25, -0.2) is 0 Å². The Morgan fingerprint density at radius 2 is 2.24 bits per heavy atom. The van der Waals surface area contributed by atoms with Crippen LogP contribution in [0.15, 0.2) is 42.6 Å². The van der Waals surface area contributed by atoms with Gasteiger partial charge in [0, 0.05) is 28.8 Å². The maximum absolute atomic E-state index is 12.7. The van der Waals surface area contributed by atoms with E-state index in [0.717, 1.165) is 30.5 Å². The number of benzene rings is 1. The molecule has 0 spiro atoms. The summed E-state index contributed by atoms with van der Waals surface area (Å²) in [4.78, 5) is 17.1. The van der Waals surface area contributed by atoms with E-state index in [-0.39, 0.29) is 24.0 Å². The third kappa shape index (κ3) is 3.51. The number of ether oxygens (including phenoxy) is 1. The van der Waals surface area contributed by atoms with Gasteiger partial charge in [0.1, 0.15) is 5.75 Å². The van der Waals surface area contributed by atoms with Crippen molar-refractivity contribution in [3.63, 3.8) is 0 Å². The van der Waals surface area contributed by atoms with Gasteiger partial charge >= 0.3 is 0 Å². The number of rotatable bonds is 5. The van der Waals surface area contributed by atoms with Gasteiger partial charge in [-0.2, -0.15) is 0 Å². The molecule has 1 aliphatic rings. The van der Waals surface area contributed by atoms with Crippen molar-refractivity contribution in [3.05, 3.63) is 48.2 Å². The highest BCUT2D eigenvalue weighted by Gasteiger charge is 2.39. The average molecular weight is 340 g/mol. The van der Waals surface area contributed by atoms with E-state index < -0.39 is 0 Å². The number of methoxy groups -OCH3 is 1. The Hall–Kier alpha value is -2.40. The Bertz CT molecular complexity index is 748. The topological polar surface area (TPSA) is 71.5 Å². The van der Waals surface area contributed by atoms with Gasteiger partial charge in [-0.05, 0) is 43.2 Å². The van der Waals surface area contributed by atoms with Crippen LogP contribution in [-0.2, 0) is 0 Å². The molecule has 0 unspecified atom stereocenters. The van der Waals surface area contributed by atoms with E-state index in [1.807, 2.05) is 31.2 Å². The van der Waals surface area contributed by atoms with Crippen LogP contribution in [0.1, 0.15) is 36.5 Å². The molecule has 1 amide bonds. The van der Waals surface area contributed by atoms with Crippen molar-refractivity contribution >= 4 is 5.91 Å². The van der Waals surface area contributed by atoms with E-state index in [1.165, 1.54) is 0 Å². The summed E-state index contributed by atoms with van der Waals surface area (Å²) in [5.41, 5.74) is 1.86. The van der Waals surface area contributed by atoms with E-state index in [1.54, 1.807) is 25.4 Å². The molecule has 0 radical (unpaired) electrons. The molecule has 1 aromatic heterocycles. The lowest BCUT2D eigenvalue weighted by Gasteiger charge is -2.30. The van der Waals surface area contributed by atoms with Crippen molar-refractivity contribution in [2.45, 2.75) is 32.2 Å². The van der Waals surface area contributed by atoms with Gasteiger partial charge in [-0.15, -0.1) is 0 Å². The number of carbonyl (C=O) groups excluding carboxylic acids is 1. The van der Waals surface area contributed by atoms with Crippen LogP contribution in [0.2, 0.25) is 0 Å². The Balaban J connectivity index is 1.86. The second-order valence-electron chi connectivity index (χ2n) is 6.86. The molecular formula is C20H24N2O3. The molecule has 2 aromatic rings. The lowest BCUT2D eigenvalue weighted by atomic mass is 9.85. The minimum atomic E-state index is -0.244. The van der Waals surface area contributed by atoms with Crippen LogP contribution in [0.5, 0.6) is 5.75 Å². The first-order chi connectivity index (χ1) is 12.1. The maximum Gasteiger partial charge on any atom is 0.251 e. The van der Waals surface area contributed by atoms with Crippen LogP contribution in [0, 0.1) is 5.41 Å². The highest BCUT2D eigenvalue weighted by Crippen LogP contribution is 2.37. The minimum Gasteiger partial charge on any atom is -0.496 e. The normalized spacial score (nSPS) is 22.6. The van der Waals surface area contributed by atoms with E-state index >= 15 is 0 Å². The number of pyridine rings is 1. The molecule has 1 aromatic carbocycles. The Morgan fingerprint density at radius 3 is 2.92 bits per heavy atom. The van der Waals surface area contributed by atoms with Crippen molar-refractivity contribution in [3.8, 4) is 17.0 Å². The lowest BCUT2D eigenvalue weighted by molar-refractivity contribution is 0.0830. The first-order valence-corrected chi connectivity index (χ1v) is 8.58. The molecule has 2 N–H and O–H groups in total. The van der Waals surface area contributed by atoms with Crippen LogP contribution in [-0.4, -0.2) is 35.8 Å². The van der Waals surface area contributed by atoms with E-state index in [9.17, 15) is 9.90 Å². The number of aliphatic hydroxyl groups is 1. The smallest absolute Gasteiger partial charge is 0.251 e. The van der Waals surface area contributed by atoms with Gasteiger partial charge in [-0.3, -0.25) is 9.78 Å². The molecule has 0 saturated heterocycles. The van der Waals surface area contributed by atoms with Crippen LogP contribution in [0.4, 0.5) is 0 Å². The number of nitrogens with zero attached hydrogens (tertiary/aromatic N) is 1. The zero-order chi connectivity index (χ0) is 17.9. The number of aromatic nitrogens is 1. The van der Waals surface area contributed by atoms with Crippen LogP contribution < -0.4 is 10.1 Å². The van der Waals surface area contributed by atoms with Gasteiger partial charge < -0.3 is 15.2 Å². The summed E-state index contributed by atoms with van der Waals surface area (Å²) in [6.07, 6.45) is 4.55. The van der Waals surface area contributed by atoms with Crippen LogP contribution in [0.3, 0.4) is 0 Å². The summed E-state index contributed by atoms with van der Waals surface area (Å²) in [7, 11) is 1.60. The minimum absolute atomic E-state index is 0.00889. The maximum atomic E-state index is 12.7. The quantitative estimate of drug-likeness (QED) is 0.878. The van der Waals surface area contributed by atoms with Gasteiger partial charge in [0.2, 0.25) is 0 Å². The number of hydrogen-bond acceptors (Lipinski definition) is 4. The number of carbonyl (C=O) groups is 1. The highest BCUT2D eigenvalue weighted by atomic mass is 16.5. The molecule has 3 rings (SSSR count). The van der Waals surface area contributed by atoms with E-state index in [4.69, 9.17) is 4.74 Å². The third-order valence-electron chi connectivity index (χ3n) is 5.15. The molecule has 1 saturated carbocycles. The highest BCUT2D eigenvalue weighted by molar-refractivity contribution is 5.96. The van der Waals surface area contributed by atoms with E-state index in [2.05, 4.69) is 10.3 Å². The third-order valence-corrected chi connectivity index (χ3v) is 5.15. The Kier molecular flexibility index (Phi) is 5.04. The number of nitrogens with one attached hydrogen (secondary N) is 1. The van der Waals surface area contributed by atoms with Gasteiger partial charge in [0.05, 0.1) is 19.4 Å². The number of amides is 1. The van der Waals surface area contributed by atoms with Crippen molar-refractivity contribution in [1.29, 1.82) is 0 Å². The molecule has 1 heterocycles. The Labute approximate surface area is 148 Å². The van der Waals surface area contributed by atoms with Crippen molar-refractivity contribution in [2.24, 2.45) is 5.41 Å². The molecule has 2 atom stereocenters. The summed E-state index contributed by atoms with van der Waals surface area (Å²) in [5.74, 6) is 0.544. The zero-order valence-electron chi connectivity index (χ0n) is 14.7. The van der Waals surface area contributed by atoms with Crippen LogP contribution >= 0.6 is 0 Å². The first-order valence-electron chi connectivity index (χ1n) is 8.58. The van der Waals surface area contributed by atoms with Crippen molar-refractivity contribution in [2.75, 3.05) is 13.7 Å². The summed E-state index contributed by atoms with van der Waals surface area (Å²) in [6.45, 7) is 2.11. The average Bonchev–Trinajstić information content (AvgIpc) is 3.03. The predicted octanol–water partition coefficient (Wildman–Crippen LogP) is 3.04. The Morgan fingerprint density at radius 1 is 1.40 bits per heavy atom. The molecule has 5 nitrogen and oxygen atoms in total. The SMILES string of the molecule is COc1ccc(C(=O)N[C@H]2CCC[C@]2(C)CO)cc1-c1ccccn1. The van der Waals surface area contributed by atoms with Gasteiger partial charge in [0.15, 0.2) is 0 Å². The molecular weight excluding hydrogens is 316 g/mol. The molecule has 5 heteroatoms. The molecule has 0 bridgehead atoms. The fourth-order valence-corrected chi connectivity index (χ4v) is 3.48. The molecule has 25 heavy (non-hydrogen) atoms. The predicted molar refractivity (Wildman–Crippen MR) is 96.5 cm³/mol. The van der Waals surface area contributed by atoms with Gasteiger partial charge in [0.25, 0.3) is 5.91 Å². The number of aliphatic hydroxyl groups excluding tert-OH is 1. The second kappa shape index (κ2) is 7.23. The first kappa shape index (κ1) is 17.4. The summed E-state index contributed by atoms with van der Waals surface area (Å²) >= 11 is 0. The van der Waals surface area contributed by atoms with Crippen molar-refractivity contribution < 1.29 is 14.6 Å². The molecule has 132 valence electrons. The fourth-order valence-electron chi connectivity index (χ4n) is 3.48. The monoisotopic (exact) mass is 340 g/mol. The molecule has 0 aliphatic heterocycles. The fraction of sp³-hybridized carbons (Fsp3) is 0.400. The zero-order valence-corrected chi connectivity index (χ0v) is 14.7. The van der Waals surface area contributed by atoms with E-state index in [0.29, 0.717) is 11.3 Å². The standard InChI is InChI=1S/C20H24N2O3/c1-20(13-23)10-5-7-18(20)22-19(24)14-8-9-17(25-2)15(12-14)16-6-3-4-11-21-16/h3-4,6,8-9,11-12,18,23H,5,7,10,13H2,1-2H3,(H,22,24)/t18-,20+/m0/s1. The van der Waals surface area contributed by atoms with Crippen molar-refractivity contribution in [1.82, 2.24) is 10.3 Å². The molecule has 1 aliphatic carbocycles. The van der Waals surface area contributed by atoms with Crippen LogP contribution in [0.25, 0.3) is 11.3 Å². The summed E-state index contributed by atoms with van der Waals surface area (Å²) < 4.78 is 5.41. The van der Waals surface area contributed by atoms with Gasteiger partial charge in [-0.1, -0.05) is 19.4 Å². The number of hydrogen-bond donors (Lipinski definition) is 2. The summed E-state index contributed by atoms with van der Waals surface area (Å²) in [5, 5.41) is 12.8. The molecule has 1 fully saturated rings. The lowest BCUT2D eigenvalue weighted by Crippen LogP contribution is -2.44. The summed E-state index contributed by atoms with van der Waals surface area (Å²) in [6, 6.07) is 11.0. The largest absolute Gasteiger partial charge is 0.496 e.